The third kappa shape index (κ3) is 2.72. The van der Waals surface area contributed by atoms with Gasteiger partial charge in [-0.25, -0.2) is 9.37 Å². The van der Waals surface area contributed by atoms with Gasteiger partial charge in [0.05, 0.1) is 11.9 Å². The molecule has 0 atom stereocenters. The van der Waals surface area contributed by atoms with Gasteiger partial charge in [-0.3, -0.25) is 0 Å². The third-order valence-electron chi connectivity index (χ3n) is 3.56. The average Bonchev–Trinajstić information content (AvgIpc) is 2.35. The zero-order chi connectivity index (χ0) is 13.2. The standard InChI is InChI=1S/C15H14F2N2/c16-12-3-1-2-10(6-12)11-7-14(8-11)19-13-4-5-15(17)18-9-13/h1-6,9,11,14,19H,7-8H2. The Bertz CT molecular complexity index is 563. The largest absolute Gasteiger partial charge is 0.381 e. The van der Waals surface area contributed by atoms with Crippen molar-refractivity contribution >= 4 is 5.69 Å². The number of hydrogen-bond acceptors (Lipinski definition) is 2. The summed E-state index contributed by atoms with van der Waals surface area (Å²) in [7, 11) is 0. The van der Waals surface area contributed by atoms with Crippen molar-refractivity contribution in [3.63, 3.8) is 0 Å². The summed E-state index contributed by atoms with van der Waals surface area (Å²) in [4.78, 5) is 3.60. The topological polar surface area (TPSA) is 24.9 Å². The van der Waals surface area contributed by atoms with Crippen LogP contribution in [0.3, 0.4) is 0 Å². The first kappa shape index (κ1) is 12.1. The van der Waals surface area contributed by atoms with Crippen molar-refractivity contribution in [1.29, 1.82) is 0 Å². The SMILES string of the molecule is Fc1cccc(C2CC(Nc3ccc(F)nc3)C2)c1. The van der Waals surface area contributed by atoms with Crippen molar-refractivity contribution < 1.29 is 8.78 Å². The molecule has 0 radical (unpaired) electrons. The van der Waals surface area contributed by atoms with Crippen LogP contribution in [0.2, 0.25) is 0 Å². The molecular formula is C15H14F2N2. The Labute approximate surface area is 110 Å². The van der Waals surface area contributed by atoms with Crippen molar-refractivity contribution in [2.75, 3.05) is 5.32 Å². The van der Waals surface area contributed by atoms with Gasteiger partial charge in [-0.2, -0.15) is 4.39 Å². The highest BCUT2D eigenvalue weighted by atomic mass is 19.1. The fraction of sp³-hybridized carbons (Fsp3) is 0.267. The molecule has 0 saturated heterocycles. The Morgan fingerprint density at radius 1 is 1.11 bits per heavy atom. The van der Waals surface area contributed by atoms with Crippen LogP contribution in [0.25, 0.3) is 0 Å². The van der Waals surface area contributed by atoms with Crippen LogP contribution in [0, 0.1) is 11.8 Å². The Kier molecular flexibility index (Phi) is 3.15. The van der Waals surface area contributed by atoms with Crippen LogP contribution in [-0.4, -0.2) is 11.0 Å². The minimum Gasteiger partial charge on any atom is -0.381 e. The van der Waals surface area contributed by atoms with E-state index in [1.54, 1.807) is 18.2 Å². The lowest BCUT2D eigenvalue weighted by Gasteiger charge is -2.36. The van der Waals surface area contributed by atoms with Crippen LogP contribution in [-0.2, 0) is 0 Å². The summed E-state index contributed by atoms with van der Waals surface area (Å²) in [5.74, 6) is -0.255. The molecule has 98 valence electrons. The van der Waals surface area contributed by atoms with E-state index in [1.807, 2.05) is 6.07 Å². The van der Waals surface area contributed by atoms with Gasteiger partial charge in [0.15, 0.2) is 0 Å². The number of pyridine rings is 1. The lowest BCUT2D eigenvalue weighted by Crippen LogP contribution is -2.34. The normalized spacial score (nSPS) is 21.8. The molecule has 2 aromatic rings. The Hall–Kier alpha value is -1.97. The van der Waals surface area contributed by atoms with E-state index in [4.69, 9.17) is 0 Å². The Morgan fingerprint density at radius 3 is 2.63 bits per heavy atom. The predicted octanol–water partition coefficient (Wildman–Crippen LogP) is 3.72. The maximum atomic E-state index is 13.1. The summed E-state index contributed by atoms with van der Waals surface area (Å²) >= 11 is 0. The molecular weight excluding hydrogens is 246 g/mol. The molecule has 1 aliphatic carbocycles. The van der Waals surface area contributed by atoms with Crippen LogP contribution in [0.4, 0.5) is 14.5 Å². The lowest BCUT2D eigenvalue weighted by atomic mass is 9.76. The summed E-state index contributed by atoms with van der Waals surface area (Å²) in [6.45, 7) is 0. The molecule has 2 nitrogen and oxygen atoms in total. The van der Waals surface area contributed by atoms with Gasteiger partial charge in [0.1, 0.15) is 5.82 Å². The molecule has 19 heavy (non-hydrogen) atoms. The van der Waals surface area contributed by atoms with Crippen LogP contribution in [0.15, 0.2) is 42.6 Å². The molecule has 0 unspecified atom stereocenters. The molecule has 1 N–H and O–H groups in total. The first-order valence-electron chi connectivity index (χ1n) is 6.34. The molecule has 0 bridgehead atoms. The molecule has 0 spiro atoms. The number of nitrogens with one attached hydrogen (secondary N) is 1. The molecule has 3 rings (SSSR count). The van der Waals surface area contributed by atoms with Gasteiger partial charge < -0.3 is 5.32 Å². The number of aromatic nitrogens is 1. The second kappa shape index (κ2) is 4.96. The van der Waals surface area contributed by atoms with Crippen molar-refractivity contribution in [1.82, 2.24) is 4.98 Å². The smallest absolute Gasteiger partial charge is 0.212 e. The summed E-state index contributed by atoms with van der Waals surface area (Å²) in [6.07, 6.45) is 3.41. The van der Waals surface area contributed by atoms with Crippen molar-refractivity contribution in [2.24, 2.45) is 0 Å². The van der Waals surface area contributed by atoms with Crippen LogP contribution in [0.1, 0.15) is 24.3 Å². The number of rotatable bonds is 3. The first-order chi connectivity index (χ1) is 9.20. The second-order valence-corrected chi connectivity index (χ2v) is 4.93. The zero-order valence-corrected chi connectivity index (χ0v) is 10.3. The number of halogens is 2. The molecule has 1 aromatic carbocycles. The maximum absolute atomic E-state index is 13.1. The minimum absolute atomic E-state index is 0.184. The molecule has 0 aliphatic heterocycles. The zero-order valence-electron chi connectivity index (χ0n) is 10.3. The summed E-state index contributed by atoms with van der Waals surface area (Å²) < 4.78 is 25.8. The monoisotopic (exact) mass is 260 g/mol. The molecule has 4 heteroatoms. The van der Waals surface area contributed by atoms with Crippen LogP contribution >= 0.6 is 0 Å². The van der Waals surface area contributed by atoms with E-state index in [1.165, 1.54) is 18.3 Å². The highest BCUT2D eigenvalue weighted by Gasteiger charge is 2.30. The van der Waals surface area contributed by atoms with Gasteiger partial charge in [-0.1, -0.05) is 12.1 Å². The molecule has 1 aromatic heterocycles. The van der Waals surface area contributed by atoms with Crippen LogP contribution < -0.4 is 5.32 Å². The highest BCUT2D eigenvalue weighted by molar-refractivity contribution is 5.42. The summed E-state index contributed by atoms with van der Waals surface area (Å²) in [5.41, 5.74) is 1.87. The van der Waals surface area contributed by atoms with E-state index < -0.39 is 5.95 Å². The third-order valence-corrected chi connectivity index (χ3v) is 3.56. The number of nitrogens with zero attached hydrogens (tertiary/aromatic N) is 1. The molecule has 1 heterocycles. The fourth-order valence-corrected chi connectivity index (χ4v) is 2.47. The number of hydrogen-bond donors (Lipinski definition) is 1. The van der Waals surface area contributed by atoms with E-state index in [9.17, 15) is 8.78 Å². The average molecular weight is 260 g/mol. The van der Waals surface area contributed by atoms with Crippen molar-refractivity contribution in [3.8, 4) is 0 Å². The summed E-state index contributed by atoms with van der Waals surface area (Å²) in [5, 5.41) is 3.30. The van der Waals surface area contributed by atoms with Gasteiger partial charge in [-0.15, -0.1) is 0 Å². The van der Waals surface area contributed by atoms with Gasteiger partial charge >= 0.3 is 0 Å². The quantitative estimate of drug-likeness (QED) is 0.851. The van der Waals surface area contributed by atoms with Gasteiger partial charge in [-0.05, 0) is 48.6 Å². The lowest BCUT2D eigenvalue weighted by molar-refractivity contribution is 0.373. The number of benzene rings is 1. The molecule has 1 aliphatic rings. The Morgan fingerprint density at radius 2 is 1.95 bits per heavy atom. The molecule has 1 fully saturated rings. The van der Waals surface area contributed by atoms with E-state index in [0.29, 0.717) is 12.0 Å². The van der Waals surface area contributed by atoms with E-state index >= 15 is 0 Å². The van der Waals surface area contributed by atoms with Crippen LogP contribution in [0.5, 0.6) is 0 Å². The Balaban J connectivity index is 1.57. The van der Waals surface area contributed by atoms with Gasteiger partial charge in [0.25, 0.3) is 0 Å². The fourth-order valence-electron chi connectivity index (χ4n) is 2.47. The minimum atomic E-state index is -0.475. The van der Waals surface area contributed by atoms with Gasteiger partial charge in [0, 0.05) is 6.04 Å². The van der Waals surface area contributed by atoms with Gasteiger partial charge in [0.2, 0.25) is 5.95 Å². The van der Waals surface area contributed by atoms with Crippen molar-refractivity contribution in [2.45, 2.75) is 24.8 Å². The first-order valence-corrected chi connectivity index (χ1v) is 6.34. The predicted molar refractivity (Wildman–Crippen MR) is 70.0 cm³/mol. The van der Waals surface area contributed by atoms with Crippen molar-refractivity contribution in [3.05, 3.63) is 59.9 Å². The second-order valence-electron chi connectivity index (χ2n) is 4.93. The summed E-state index contributed by atoms with van der Waals surface area (Å²) in [6, 6.07) is 10.1. The maximum Gasteiger partial charge on any atom is 0.212 e. The van der Waals surface area contributed by atoms with E-state index in [0.717, 1.165) is 24.1 Å². The van der Waals surface area contributed by atoms with E-state index in [-0.39, 0.29) is 5.82 Å². The highest BCUT2D eigenvalue weighted by Crippen LogP contribution is 2.38. The molecule has 1 saturated carbocycles. The molecule has 0 amide bonds. The number of anilines is 1. The van der Waals surface area contributed by atoms with E-state index in [2.05, 4.69) is 10.3 Å².